The second-order valence-electron chi connectivity index (χ2n) is 7.75. The Morgan fingerprint density at radius 2 is 2.15 bits per heavy atom. The van der Waals surface area contributed by atoms with Gasteiger partial charge in [0.1, 0.15) is 5.60 Å². The highest BCUT2D eigenvalue weighted by Gasteiger charge is 2.47. The van der Waals surface area contributed by atoms with E-state index in [1.807, 2.05) is 18.3 Å². The Labute approximate surface area is 158 Å². The molecule has 1 N–H and O–H groups in total. The van der Waals surface area contributed by atoms with Crippen molar-refractivity contribution < 1.29 is 5.11 Å². The van der Waals surface area contributed by atoms with Crippen molar-refractivity contribution in [3.63, 3.8) is 0 Å². The van der Waals surface area contributed by atoms with Crippen molar-refractivity contribution in [3.8, 4) is 0 Å². The number of nitrogens with zero attached hydrogens (tertiary/aromatic N) is 3. The molecule has 2 aromatic heterocycles. The Morgan fingerprint density at radius 3 is 2.96 bits per heavy atom. The molecule has 26 heavy (non-hydrogen) atoms. The van der Waals surface area contributed by atoms with Gasteiger partial charge in [-0.3, -0.25) is 4.98 Å². The molecule has 0 saturated heterocycles. The highest BCUT2D eigenvalue weighted by atomic mass is 35.5. The van der Waals surface area contributed by atoms with Gasteiger partial charge < -0.3 is 14.6 Å². The summed E-state index contributed by atoms with van der Waals surface area (Å²) < 4.78 is 2.36. The molecule has 1 aromatic carbocycles. The second kappa shape index (κ2) is 5.56. The first-order chi connectivity index (χ1) is 12.5. The van der Waals surface area contributed by atoms with Crippen molar-refractivity contribution in [2.75, 3.05) is 13.6 Å². The first-order valence-corrected chi connectivity index (χ1v) is 9.52. The zero-order chi connectivity index (χ0) is 18.1. The van der Waals surface area contributed by atoms with E-state index in [2.05, 4.69) is 40.6 Å². The number of rotatable bonds is 2. The van der Waals surface area contributed by atoms with Crippen molar-refractivity contribution in [1.82, 2.24) is 14.5 Å². The van der Waals surface area contributed by atoms with Gasteiger partial charge in [-0.05, 0) is 54.9 Å². The van der Waals surface area contributed by atoms with Gasteiger partial charge in [-0.25, -0.2) is 0 Å². The average molecular weight is 368 g/mol. The summed E-state index contributed by atoms with van der Waals surface area (Å²) in [6, 6.07) is 8.03. The minimum atomic E-state index is -0.846. The van der Waals surface area contributed by atoms with Crippen LogP contribution in [0.1, 0.15) is 35.3 Å². The maximum Gasteiger partial charge on any atom is 0.114 e. The average Bonchev–Trinajstić information content (AvgIpc) is 2.93. The molecule has 0 bridgehead atoms. The van der Waals surface area contributed by atoms with E-state index in [9.17, 15) is 5.11 Å². The van der Waals surface area contributed by atoms with E-state index in [4.69, 9.17) is 11.6 Å². The van der Waals surface area contributed by atoms with E-state index in [-0.39, 0.29) is 6.04 Å². The summed E-state index contributed by atoms with van der Waals surface area (Å²) in [6.07, 6.45) is 5.28. The van der Waals surface area contributed by atoms with Crippen LogP contribution in [-0.2, 0) is 25.0 Å². The molecule has 1 aliphatic carbocycles. The molecular formula is C21H22ClN3O. The van der Waals surface area contributed by atoms with Gasteiger partial charge in [-0.15, -0.1) is 0 Å². The number of pyridine rings is 1. The van der Waals surface area contributed by atoms with Crippen molar-refractivity contribution >= 4 is 22.5 Å². The van der Waals surface area contributed by atoms with Crippen molar-refractivity contribution in [2.45, 2.75) is 38.0 Å². The fourth-order valence-electron chi connectivity index (χ4n) is 4.80. The number of hydrogen-bond acceptors (Lipinski definition) is 3. The lowest BCUT2D eigenvalue weighted by molar-refractivity contribution is -0.0330. The summed E-state index contributed by atoms with van der Waals surface area (Å²) in [4.78, 5) is 6.53. The summed E-state index contributed by atoms with van der Waals surface area (Å²) >= 11 is 6.30. The number of benzene rings is 1. The van der Waals surface area contributed by atoms with Gasteiger partial charge >= 0.3 is 0 Å². The second-order valence-corrected chi connectivity index (χ2v) is 8.19. The van der Waals surface area contributed by atoms with Gasteiger partial charge in [0, 0.05) is 59.9 Å². The first kappa shape index (κ1) is 16.3. The number of aromatic nitrogens is 2. The highest BCUT2D eigenvalue weighted by molar-refractivity contribution is 6.31. The Morgan fingerprint density at radius 1 is 1.31 bits per heavy atom. The molecule has 3 heterocycles. The molecule has 0 amide bonds. The molecule has 0 fully saturated rings. The minimum Gasteiger partial charge on any atom is -0.383 e. The summed E-state index contributed by atoms with van der Waals surface area (Å²) in [5.74, 6) is 0. The fraction of sp³-hybridized carbons (Fsp3) is 0.381. The Balaban J connectivity index is 1.70. The number of hydrogen-bond donors (Lipinski definition) is 1. The standard InChI is InChI=1S/C21H22ClN3O/c1-13(21(26)10-14-11-23-7-5-18(14)21)25-19-4-3-15(22)9-16(19)17-12-24(2)8-6-20(17)25/h3-5,7,9,11,13,26H,6,8,10,12H2,1-2H3. The summed E-state index contributed by atoms with van der Waals surface area (Å²) in [5.41, 5.74) is 5.16. The summed E-state index contributed by atoms with van der Waals surface area (Å²) in [5, 5.41) is 13.5. The molecule has 2 aliphatic rings. The van der Waals surface area contributed by atoms with Crippen molar-refractivity contribution in [3.05, 3.63) is 64.1 Å². The SMILES string of the molecule is CC(n1c2c(c3cc(Cl)ccc31)CN(C)CC2)C1(O)Cc2cnccc21. The quantitative estimate of drug-likeness (QED) is 0.751. The van der Waals surface area contributed by atoms with Crippen LogP contribution < -0.4 is 0 Å². The molecule has 5 heteroatoms. The maximum atomic E-state index is 11.5. The molecule has 1 aliphatic heterocycles. The van der Waals surface area contributed by atoms with Gasteiger partial charge in [0.2, 0.25) is 0 Å². The fourth-order valence-corrected chi connectivity index (χ4v) is 4.97. The molecule has 5 rings (SSSR count). The van der Waals surface area contributed by atoms with Crippen LogP contribution in [0, 0.1) is 0 Å². The van der Waals surface area contributed by atoms with Crippen LogP contribution in [-0.4, -0.2) is 33.1 Å². The van der Waals surface area contributed by atoms with Crippen LogP contribution in [0.3, 0.4) is 0 Å². The van der Waals surface area contributed by atoms with Crippen LogP contribution >= 0.6 is 11.6 Å². The highest BCUT2D eigenvalue weighted by Crippen LogP contribution is 2.48. The Hall–Kier alpha value is -1.88. The normalized spacial score (nSPS) is 23.4. The molecule has 0 spiro atoms. The van der Waals surface area contributed by atoms with Crippen LogP contribution in [0.15, 0.2) is 36.7 Å². The Bertz CT molecular complexity index is 1030. The number of halogens is 1. The van der Waals surface area contributed by atoms with Crippen molar-refractivity contribution in [1.29, 1.82) is 0 Å². The molecule has 2 atom stereocenters. The number of aliphatic hydroxyl groups is 1. The van der Waals surface area contributed by atoms with Crippen LogP contribution in [0.5, 0.6) is 0 Å². The van der Waals surface area contributed by atoms with Crippen LogP contribution in [0.4, 0.5) is 0 Å². The van der Waals surface area contributed by atoms with Gasteiger partial charge in [0.05, 0.1) is 6.04 Å². The van der Waals surface area contributed by atoms with Crippen LogP contribution in [0.25, 0.3) is 10.9 Å². The predicted molar refractivity (Wildman–Crippen MR) is 104 cm³/mol. The zero-order valence-electron chi connectivity index (χ0n) is 15.0. The van der Waals surface area contributed by atoms with Gasteiger partial charge in [0.15, 0.2) is 0 Å². The number of likely N-dealkylation sites (N-methyl/N-ethyl adjacent to an activating group) is 1. The van der Waals surface area contributed by atoms with E-state index in [0.717, 1.165) is 41.2 Å². The molecular weight excluding hydrogens is 346 g/mol. The lowest BCUT2D eigenvalue weighted by Gasteiger charge is -2.45. The third kappa shape index (κ3) is 2.13. The minimum absolute atomic E-state index is 0.0479. The Kier molecular flexibility index (Phi) is 3.48. The number of fused-ring (bicyclic) bond motifs is 4. The summed E-state index contributed by atoms with van der Waals surface area (Å²) in [7, 11) is 2.16. The first-order valence-electron chi connectivity index (χ1n) is 9.14. The molecule has 134 valence electrons. The van der Waals surface area contributed by atoms with E-state index in [1.165, 1.54) is 16.6 Å². The van der Waals surface area contributed by atoms with E-state index in [1.54, 1.807) is 6.20 Å². The molecule has 0 saturated carbocycles. The van der Waals surface area contributed by atoms with Crippen LogP contribution in [0.2, 0.25) is 5.02 Å². The maximum absolute atomic E-state index is 11.5. The smallest absolute Gasteiger partial charge is 0.114 e. The van der Waals surface area contributed by atoms with E-state index in [0.29, 0.717) is 6.42 Å². The lowest BCUT2D eigenvalue weighted by atomic mass is 9.70. The predicted octanol–water partition coefficient (Wildman–Crippen LogP) is 3.68. The van der Waals surface area contributed by atoms with Gasteiger partial charge in [-0.2, -0.15) is 0 Å². The molecule has 0 radical (unpaired) electrons. The van der Waals surface area contributed by atoms with Gasteiger partial charge in [0.25, 0.3) is 0 Å². The largest absolute Gasteiger partial charge is 0.383 e. The monoisotopic (exact) mass is 367 g/mol. The zero-order valence-corrected chi connectivity index (χ0v) is 15.8. The molecule has 3 aromatic rings. The third-order valence-corrected chi connectivity index (χ3v) is 6.48. The topological polar surface area (TPSA) is 41.3 Å². The molecule has 2 unspecified atom stereocenters. The van der Waals surface area contributed by atoms with E-state index >= 15 is 0 Å². The molecule has 4 nitrogen and oxygen atoms in total. The van der Waals surface area contributed by atoms with Gasteiger partial charge in [-0.1, -0.05) is 11.6 Å². The summed E-state index contributed by atoms with van der Waals surface area (Å²) in [6.45, 7) is 4.09. The van der Waals surface area contributed by atoms with E-state index < -0.39 is 5.60 Å². The lowest BCUT2D eigenvalue weighted by Crippen LogP contribution is -2.46. The van der Waals surface area contributed by atoms with Crippen molar-refractivity contribution in [2.24, 2.45) is 0 Å². The third-order valence-electron chi connectivity index (χ3n) is 6.25.